The molecule has 0 heterocycles. The Morgan fingerprint density at radius 3 is 2.75 bits per heavy atom. The lowest BCUT2D eigenvalue weighted by atomic mass is 10.2. The van der Waals surface area contributed by atoms with E-state index in [9.17, 15) is 14.9 Å². The zero-order chi connectivity index (χ0) is 12.1. The molecule has 0 aliphatic carbocycles. The Morgan fingerprint density at radius 2 is 2.25 bits per heavy atom. The van der Waals surface area contributed by atoms with Gasteiger partial charge in [0.15, 0.2) is 0 Å². The van der Waals surface area contributed by atoms with E-state index >= 15 is 0 Å². The molecule has 6 heteroatoms. The lowest BCUT2D eigenvalue weighted by Gasteiger charge is -2.05. The van der Waals surface area contributed by atoms with Crippen LogP contribution in [0.1, 0.15) is 12.5 Å². The molecule has 0 aliphatic heterocycles. The van der Waals surface area contributed by atoms with Crippen molar-refractivity contribution in [2.45, 2.75) is 13.8 Å². The van der Waals surface area contributed by atoms with E-state index in [1.165, 1.54) is 18.2 Å². The summed E-state index contributed by atoms with van der Waals surface area (Å²) in [5.41, 5.74) is 0.982. The van der Waals surface area contributed by atoms with Gasteiger partial charge in [0.05, 0.1) is 11.5 Å². The number of carbonyl (C=O) groups is 1. The molecule has 1 amide bonds. The quantitative estimate of drug-likeness (QED) is 0.631. The Kier molecular flexibility index (Phi) is 3.82. The van der Waals surface area contributed by atoms with Crippen LogP contribution in [0.15, 0.2) is 18.2 Å². The number of nitrogens with one attached hydrogen (secondary N) is 1. The van der Waals surface area contributed by atoms with Gasteiger partial charge in [-0.1, -0.05) is 0 Å². The first kappa shape index (κ1) is 12.0. The van der Waals surface area contributed by atoms with Crippen molar-refractivity contribution in [2.75, 3.05) is 11.9 Å². The Balaban J connectivity index is 2.81. The molecule has 0 saturated carbocycles. The van der Waals surface area contributed by atoms with Crippen LogP contribution in [-0.2, 0) is 4.74 Å². The lowest BCUT2D eigenvalue weighted by Crippen LogP contribution is -2.13. The Bertz CT molecular complexity index is 417. The van der Waals surface area contributed by atoms with Crippen LogP contribution in [0.5, 0.6) is 0 Å². The topological polar surface area (TPSA) is 81.5 Å². The highest BCUT2D eigenvalue weighted by Gasteiger charge is 2.11. The molecular weight excluding hydrogens is 212 g/mol. The Hall–Kier alpha value is -2.11. The average molecular weight is 224 g/mol. The maximum atomic E-state index is 11.1. The van der Waals surface area contributed by atoms with Crippen LogP contribution in [0, 0.1) is 17.0 Å². The van der Waals surface area contributed by atoms with Crippen molar-refractivity contribution >= 4 is 17.5 Å². The second-order valence-corrected chi connectivity index (χ2v) is 3.10. The van der Waals surface area contributed by atoms with E-state index in [2.05, 4.69) is 10.1 Å². The van der Waals surface area contributed by atoms with E-state index in [1.54, 1.807) is 13.8 Å². The first-order valence-electron chi connectivity index (χ1n) is 4.73. The van der Waals surface area contributed by atoms with Crippen molar-refractivity contribution in [3.63, 3.8) is 0 Å². The smallest absolute Gasteiger partial charge is 0.411 e. The second-order valence-electron chi connectivity index (χ2n) is 3.10. The van der Waals surface area contributed by atoms with Crippen molar-refractivity contribution in [2.24, 2.45) is 0 Å². The molecule has 0 aromatic heterocycles. The summed E-state index contributed by atoms with van der Waals surface area (Å²) in [6, 6.07) is 4.33. The van der Waals surface area contributed by atoms with Gasteiger partial charge in [0.25, 0.3) is 5.69 Å². The van der Waals surface area contributed by atoms with E-state index in [4.69, 9.17) is 0 Å². The van der Waals surface area contributed by atoms with Gasteiger partial charge in [0, 0.05) is 17.3 Å². The highest BCUT2D eigenvalue weighted by Crippen LogP contribution is 2.21. The lowest BCUT2D eigenvalue weighted by molar-refractivity contribution is -0.385. The predicted octanol–water partition coefficient (Wildman–Crippen LogP) is 2.47. The molecule has 0 spiro atoms. The number of nitro benzene ring substituents is 1. The largest absolute Gasteiger partial charge is 0.450 e. The van der Waals surface area contributed by atoms with Gasteiger partial charge in [-0.15, -0.1) is 0 Å². The highest BCUT2D eigenvalue weighted by atomic mass is 16.6. The number of nitro groups is 1. The Labute approximate surface area is 92.4 Å². The van der Waals surface area contributed by atoms with Gasteiger partial charge in [-0.05, 0) is 26.0 Å². The zero-order valence-corrected chi connectivity index (χ0v) is 9.02. The summed E-state index contributed by atoms with van der Waals surface area (Å²) in [7, 11) is 0. The highest BCUT2D eigenvalue weighted by molar-refractivity contribution is 5.84. The molecule has 86 valence electrons. The Morgan fingerprint density at radius 1 is 1.56 bits per heavy atom. The number of ether oxygens (including phenoxy) is 1. The monoisotopic (exact) mass is 224 g/mol. The van der Waals surface area contributed by atoms with E-state index in [-0.39, 0.29) is 12.3 Å². The molecule has 0 unspecified atom stereocenters. The van der Waals surface area contributed by atoms with E-state index in [1.807, 2.05) is 0 Å². The summed E-state index contributed by atoms with van der Waals surface area (Å²) in [5, 5.41) is 13.0. The molecular formula is C10H12N2O4. The van der Waals surface area contributed by atoms with Crippen LogP contribution in [0.4, 0.5) is 16.2 Å². The molecule has 1 aromatic carbocycles. The minimum Gasteiger partial charge on any atom is -0.450 e. The molecule has 1 aromatic rings. The summed E-state index contributed by atoms with van der Waals surface area (Å²) >= 11 is 0. The summed E-state index contributed by atoms with van der Waals surface area (Å²) < 4.78 is 4.68. The normalized spacial score (nSPS) is 9.62. The molecule has 6 nitrogen and oxygen atoms in total. The van der Waals surface area contributed by atoms with E-state index in [0.717, 1.165) is 0 Å². The number of nitrogens with zero attached hydrogens (tertiary/aromatic N) is 1. The number of carbonyl (C=O) groups excluding carboxylic acids is 1. The summed E-state index contributed by atoms with van der Waals surface area (Å²) in [5.74, 6) is 0. The van der Waals surface area contributed by atoms with Gasteiger partial charge in [0.2, 0.25) is 0 Å². The zero-order valence-electron chi connectivity index (χ0n) is 9.02. The van der Waals surface area contributed by atoms with Gasteiger partial charge in [-0.3, -0.25) is 15.4 Å². The third kappa shape index (κ3) is 2.94. The molecule has 0 bridgehead atoms. The van der Waals surface area contributed by atoms with Crippen LogP contribution >= 0.6 is 0 Å². The van der Waals surface area contributed by atoms with E-state index < -0.39 is 11.0 Å². The first-order chi connectivity index (χ1) is 7.54. The number of benzene rings is 1. The molecule has 1 N–H and O–H groups in total. The van der Waals surface area contributed by atoms with Gasteiger partial charge < -0.3 is 4.74 Å². The predicted molar refractivity (Wildman–Crippen MR) is 58.5 cm³/mol. The fourth-order valence-corrected chi connectivity index (χ4v) is 1.22. The van der Waals surface area contributed by atoms with Crippen LogP contribution in [0.3, 0.4) is 0 Å². The third-order valence-corrected chi connectivity index (χ3v) is 1.92. The van der Waals surface area contributed by atoms with E-state index in [0.29, 0.717) is 11.3 Å². The van der Waals surface area contributed by atoms with Crippen LogP contribution < -0.4 is 5.32 Å². The molecule has 16 heavy (non-hydrogen) atoms. The number of amides is 1. The van der Waals surface area contributed by atoms with Crippen LogP contribution in [-0.4, -0.2) is 17.6 Å². The van der Waals surface area contributed by atoms with Crippen molar-refractivity contribution in [3.05, 3.63) is 33.9 Å². The fourth-order valence-electron chi connectivity index (χ4n) is 1.22. The summed E-state index contributed by atoms with van der Waals surface area (Å²) in [4.78, 5) is 21.2. The molecule has 1 rings (SSSR count). The summed E-state index contributed by atoms with van der Waals surface area (Å²) in [6.45, 7) is 3.58. The standard InChI is InChI=1S/C10H12N2O4/c1-3-16-10(13)11-8-4-5-9(12(14)15)7(2)6-8/h4-6H,3H2,1-2H3,(H,11,13). The number of hydrogen-bond donors (Lipinski definition) is 1. The van der Waals surface area contributed by atoms with Gasteiger partial charge in [0.1, 0.15) is 0 Å². The first-order valence-corrected chi connectivity index (χ1v) is 4.73. The van der Waals surface area contributed by atoms with Crippen molar-refractivity contribution in [3.8, 4) is 0 Å². The van der Waals surface area contributed by atoms with Crippen LogP contribution in [0.2, 0.25) is 0 Å². The van der Waals surface area contributed by atoms with Crippen molar-refractivity contribution in [1.29, 1.82) is 0 Å². The number of anilines is 1. The number of aryl methyl sites for hydroxylation is 1. The molecule has 0 atom stereocenters. The number of rotatable bonds is 3. The van der Waals surface area contributed by atoms with Crippen LogP contribution in [0.25, 0.3) is 0 Å². The fraction of sp³-hybridized carbons (Fsp3) is 0.300. The van der Waals surface area contributed by atoms with Crippen molar-refractivity contribution in [1.82, 2.24) is 0 Å². The minimum atomic E-state index is -0.573. The average Bonchev–Trinajstić information content (AvgIpc) is 2.17. The van der Waals surface area contributed by atoms with Gasteiger partial charge >= 0.3 is 6.09 Å². The number of hydrogen-bond acceptors (Lipinski definition) is 4. The van der Waals surface area contributed by atoms with Gasteiger partial charge in [-0.25, -0.2) is 4.79 Å². The van der Waals surface area contributed by atoms with Crippen molar-refractivity contribution < 1.29 is 14.5 Å². The molecule has 0 aliphatic rings. The molecule has 0 saturated heterocycles. The minimum absolute atomic E-state index is 0.0226. The second kappa shape index (κ2) is 5.11. The molecule has 0 radical (unpaired) electrons. The summed E-state index contributed by atoms with van der Waals surface area (Å²) in [6.07, 6.45) is -0.573. The maximum Gasteiger partial charge on any atom is 0.411 e. The van der Waals surface area contributed by atoms with Gasteiger partial charge in [-0.2, -0.15) is 0 Å². The maximum absolute atomic E-state index is 11.1. The molecule has 0 fully saturated rings. The third-order valence-electron chi connectivity index (χ3n) is 1.92. The SMILES string of the molecule is CCOC(=O)Nc1ccc([N+](=O)[O-])c(C)c1.